The first-order chi connectivity index (χ1) is 9.42. The van der Waals surface area contributed by atoms with Gasteiger partial charge >= 0.3 is 0 Å². The molecule has 0 saturated carbocycles. The van der Waals surface area contributed by atoms with E-state index in [9.17, 15) is 0 Å². The summed E-state index contributed by atoms with van der Waals surface area (Å²) in [6.07, 6.45) is 4.52. The van der Waals surface area contributed by atoms with Crippen molar-refractivity contribution >= 4 is 22.2 Å². The molecule has 2 nitrogen and oxygen atoms in total. The predicted molar refractivity (Wildman–Crippen MR) is 78.1 cm³/mol. The summed E-state index contributed by atoms with van der Waals surface area (Å²) in [5, 5.41) is 2.57. The highest BCUT2D eigenvalue weighted by atomic mass is 14.8. The Morgan fingerprint density at radius 2 is 1.63 bits per heavy atom. The lowest BCUT2D eigenvalue weighted by molar-refractivity contribution is 1.27. The van der Waals surface area contributed by atoms with E-state index in [1.54, 1.807) is 0 Å². The minimum absolute atomic E-state index is 0.887. The number of benzene rings is 2. The van der Waals surface area contributed by atoms with Crippen LogP contribution in [0.5, 0.6) is 0 Å². The number of hydrogen-bond donors (Lipinski definition) is 0. The maximum atomic E-state index is 4.82. The molecule has 19 heavy (non-hydrogen) atoms. The smallest absolute Gasteiger partial charge is 0.0714 e. The number of aliphatic imine (C=N–C) groups is 1. The van der Waals surface area contributed by atoms with Gasteiger partial charge in [-0.15, -0.1) is 0 Å². The number of pyridine rings is 1. The molecule has 3 aromatic rings. The van der Waals surface area contributed by atoms with E-state index in [1.807, 2.05) is 24.5 Å². The fourth-order valence-electron chi connectivity index (χ4n) is 2.71. The van der Waals surface area contributed by atoms with E-state index in [0.29, 0.717) is 0 Å². The standard InChI is InChI=1S/C17H12N2/c1-3-13-4-2-6-15-17(13)14(5-1)11-16(19-15)12-7-9-18-10-8-12/h1-10H,11H2. The molecule has 1 aromatic heterocycles. The molecule has 0 unspecified atom stereocenters. The van der Waals surface area contributed by atoms with E-state index in [1.165, 1.54) is 16.3 Å². The minimum atomic E-state index is 0.887. The maximum absolute atomic E-state index is 4.82. The first-order valence-electron chi connectivity index (χ1n) is 6.40. The van der Waals surface area contributed by atoms with Crippen LogP contribution in [0.1, 0.15) is 11.1 Å². The van der Waals surface area contributed by atoms with Crippen molar-refractivity contribution in [1.29, 1.82) is 0 Å². The minimum Gasteiger partial charge on any atom is -0.265 e. The van der Waals surface area contributed by atoms with E-state index < -0.39 is 0 Å². The van der Waals surface area contributed by atoms with Gasteiger partial charge in [0.1, 0.15) is 0 Å². The van der Waals surface area contributed by atoms with Crippen LogP contribution in [0, 0.1) is 0 Å². The topological polar surface area (TPSA) is 25.2 Å². The second kappa shape index (κ2) is 4.02. The van der Waals surface area contributed by atoms with E-state index in [4.69, 9.17) is 4.99 Å². The molecule has 2 aromatic carbocycles. The summed E-state index contributed by atoms with van der Waals surface area (Å²) in [5.74, 6) is 0. The number of rotatable bonds is 1. The Bertz CT molecular complexity index is 783. The van der Waals surface area contributed by atoms with Crippen LogP contribution in [-0.2, 0) is 6.42 Å². The van der Waals surface area contributed by atoms with Crippen LogP contribution in [0.4, 0.5) is 5.69 Å². The van der Waals surface area contributed by atoms with Crippen molar-refractivity contribution in [2.24, 2.45) is 4.99 Å². The number of nitrogens with zero attached hydrogens (tertiary/aromatic N) is 2. The molecule has 0 saturated heterocycles. The summed E-state index contributed by atoms with van der Waals surface area (Å²) in [6.45, 7) is 0. The van der Waals surface area contributed by atoms with Gasteiger partial charge in [-0.1, -0.05) is 30.3 Å². The first kappa shape index (κ1) is 10.4. The zero-order valence-electron chi connectivity index (χ0n) is 10.4. The third-order valence-corrected chi connectivity index (χ3v) is 3.60. The van der Waals surface area contributed by atoms with Gasteiger partial charge in [0.15, 0.2) is 0 Å². The number of aromatic nitrogens is 1. The van der Waals surface area contributed by atoms with Gasteiger partial charge in [-0.3, -0.25) is 9.98 Å². The van der Waals surface area contributed by atoms with Gasteiger partial charge in [0.25, 0.3) is 0 Å². The normalized spacial score (nSPS) is 13.4. The van der Waals surface area contributed by atoms with Crippen LogP contribution in [0.2, 0.25) is 0 Å². The molecule has 0 atom stereocenters. The van der Waals surface area contributed by atoms with Crippen LogP contribution < -0.4 is 0 Å². The molecule has 0 amide bonds. The van der Waals surface area contributed by atoms with Gasteiger partial charge in [-0.25, -0.2) is 0 Å². The van der Waals surface area contributed by atoms with Crippen molar-refractivity contribution in [3.8, 4) is 0 Å². The van der Waals surface area contributed by atoms with Gasteiger partial charge in [-0.2, -0.15) is 0 Å². The van der Waals surface area contributed by atoms with Crippen LogP contribution in [0.15, 0.2) is 65.9 Å². The van der Waals surface area contributed by atoms with Gasteiger partial charge in [0.05, 0.1) is 11.4 Å². The molecule has 2 heterocycles. The summed E-state index contributed by atoms with van der Waals surface area (Å²) in [4.78, 5) is 8.89. The zero-order valence-corrected chi connectivity index (χ0v) is 10.4. The van der Waals surface area contributed by atoms with Gasteiger partial charge < -0.3 is 0 Å². The lowest BCUT2D eigenvalue weighted by Gasteiger charge is -2.17. The molecule has 1 aliphatic rings. The van der Waals surface area contributed by atoms with E-state index in [2.05, 4.69) is 41.4 Å². The van der Waals surface area contributed by atoms with Crippen molar-refractivity contribution in [3.05, 3.63) is 72.1 Å². The highest BCUT2D eigenvalue weighted by Crippen LogP contribution is 2.34. The van der Waals surface area contributed by atoms with E-state index in [-0.39, 0.29) is 0 Å². The highest BCUT2D eigenvalue weighted by molar-refractivity contribution is 6.10. The zero-order chi connectivity index (χ0) is 12.7. The van der Waals surface area contributed by atoms with Crippen molar-refractivity contribution in [1.82, 2.24) is 4.98 Å². The average molecular weight is 244 g/mol. The van der Waals surface area contributed by atoms with E-state index >= 15 is 0 Å². The van der Waals surface area contributed by atoms with Crippen molar-refractivity contribution in [2.75, 3.05) is 0 Å². The fraction of sp³-hybridized carbons (Fsp3) is 0.0588. The summed E-state index contributed by atoms with van der Waals surface area (Å²) < 4.78 is 0. The molecule has 90 valence electrons. The average Bonchev–Trinajstić information content (AvgIpc) is 2.49. The molecule has 0 fully saturated rings. The lowest BCUT2D eigenvalue weighted by Crippen LogP contribution is -2.09. The third kappa shape index (κ3) is 1.65. The highest BCUT2D eigenvalue weighted by Gasteiger charge is 2.15. The molecular formula is C17H12N2. The Kier molecular flexibility index (Phi) is 2.21. The first-order valence-corrected chi connectivity index (χ1v) is 6.40. The fourth-order valence-corrected chi connectivity index (χ4v) is 2.71. The van der Waals surface area contributed by atoms with Crippen LogP contribution >= 0.6 is 0 Å². The second-order valence-electron chi connectivity index (χ2n) is 4.76. The van der Waals surface area contributed by atoms with Crippen LogP contribution in [0.25, 0.3) is 10.8 Å². The summed E-state index contributed by atoms with van der Waals surface area (Å²) in [7, 11) is 0. The largest absolute Gasteiger partial charge is 0.265 e. The number of hydrogen-bond acceptors (Lipinski definition) is 2. The van der Waals surface area contributed by atoms with Gasteiger partial charge in [-0.05, 0) is 34.7 Å². The Morgan fingerprint density at radius 3 is 2.47 bits per heavy atom. The quantitative estimate of drug-likeness (QED) is 0.637. The van der Waals surface area contributed by atoms with Crippen molar-refractivity contribution in [2.45, 2.75) is 6.42 Å². The molecule has 0 N–H and O–H groups in total. The Hall–Kier alpha value is -2.48. The van der Waals surface area contributed by atoms with Gasteiger partial charge in [0, 0.05) is 24.2 Å². The predicted octanol–water partition coefficient (Wildman–Crippen LogP) is 3.91. The molecular weight excluding hydrogens is 232 g/mol. The van der Waals surface area contributed by atoms with Crippen LogP contribution in [0.3, 0.4) is 0 Å². The van der Waals surface area contributed by atoms with Crippen LogP contribution in [-0.4, -0.2) is 10.7 Å². The molecule has 0 bridgehead atoms. The van der Waals surface area contributed by atoms with Gasteiger partial charge in [0.2, 0.25) is 0 Å². The summed E-state index contributed by atoms with van der Waals surface area (Å²) >= 11 is 0. The summed E-state index contributed by atoms with van der Waals surface area (Å²) in [5.41, 5.74) is 4.70. The molecule has 2 heteroatoms. The molecule has 0 radical (unpaired) electrons. The van der Waals surface area contributed by atoms with E-state index in [0.717, 1.165) is 23.4 Å². The Labute approximate surface area is 111 Å². The Morgan fingerprint density at radius 1 is 0.842 bits per heavy atom. The molecule has 0 aliphatic carbocycles. The monoisotopic (exact) mass is 244 g/mol. The lowest BCUT2D eigenvalue weighted by atomic mass is 9.94. The Balaban J connectivity index is 1.96. The molecule has 0 spiro atoms. The summed E-state index contributed by atoms with van der Waals surface area (Å²) in [6, 6.07) is 16.8. The third-order valence-electron chi connectivity index (χ3n) is 3.60. The molecule has 1 aliphatic heterocycles. The van der Waals surface area contributed by atoms with Crippen molar-refractivity contribution < 1.29 is 0 Å². The second-order valence-corrected chi connectivity index (χ2v) is 4.76. The molecule has 4 rings (SSSR count). The SMILES string of the molecule is c1cc2c3c(cccc3c1)N=C(c1ccncc1)C2. The van der Waals surface area contributed by atoms with Crippen molar-refractivity contribution in [3.63, 3.8) is 0 Å². The maximum Gasteiger partial charge on any atom is 0.0714 e.